The number of halogens is 3. The number of nitrogens with zero attached hydrogens (tertiary/aromatic N) is 4. The number of aromatic nitrogens is 4. The Balaban J connectivity index is 2.08. The second-order valence-corrected chi connectivity index (χ2v) is 7.14. The third-order valence-electron chi connectivity index (χ3n) is 3.18. The summed E-state index contributed by atoms with van der Waals surface area (Å²) in [5, 5.41) is 13.4. The summed E-state index contributed by atoms with van der Waals surface area (Å²) in [6.07, 6.45) is -4.54. The Hall–Kier alpha value is -2.10. The highest BCUT2D eigenvalue weighted by atomic mass is 32.2. The maximum Gasteiger partial charge on any atom is 0.418 e. The average molecular weight is 373 g/mol. The van der Waals surface area contributed by atoms with Gasteiger partial charge in [-0.15, -0.1) is 5.10 Å². The zero-order valence-electron chi connectivity index (χ0n) is 13.9. The molecule has 0 saturated carbocycles. The first-order valence-corrected chi connectivity index (χ1v) is 8.46. The number of hydrogen-bond donors (Lipinski definition) is 1. The number of para-hydroxylation sites is 1. The standard InChI is InChI=1S/C15H18F3N5OS/c1-9(2)8-23-14(20-21-22-23)25-10(3)13(24)19-12-7-5-4-6-11(12)15(16,17)18/h4-7,9-10H,8H2,1-3H3,(H,19,24). The number of nitrogens with one attached hydrogen (secondary N) is 1. The molecule has 0 aliphatic heterocycles. The van der Waals surface area contributed by atoms with Crippen molar-refractivity contribution >= 4 is 23.4 Å². The normalized spacial score (nSPS) is 13.1. The van der Waals surface area contributed by atoms with Crippen LogP contribution in [0.4, 0.5) is 18.9 Å². The van der Waals surface area contributed by atoms with Gasteiger partial charge >= 0.3 is 6.18 Å². The Labute approximate surface area is 147 Å². The van der Waals surface area contributed by atoms with Gasteiger partial charge in [-0.25, -0.2) is 4.68 Å². The van der Waals surface area contributed by atoms with Crippen LogP contribution in [0.2, 0.25) is 0 Å². The lowest BCUT2D eigenvalue weighted by molar-refractivity contribution is -0.137. The van der Waals surface area contributed by atoms with Crippen LogP contribution in [0.3, 0.4) is 0 Å². The van der Waals surface area contributed by atoms with Crippen LogP contribution in [0.25, 0.3) is 0 Å². The van der Waals surface area contributed by atoms with Gasteiger partial charge in [-0.2, -0.15) is 13.2 Å². The molecular weight excluding hydrogens is 355 g/mol. The van der Waals surface area contributed by atoms with Gasteiger partial charge in [-0.1, -0.05) is 37.7 Å². The summed E-state index contributed by atoms with van der Waals surface area (Å²) < 4.78 is 40.6. The van der Waals surface area contributed by atoms with Gasteiger partial charge in [0.25, 0.3) is 0 Å². The molecule has 1 unspecified atom stereocenters. The van der Waals surface area contributed by atoms with E-state index in [1.165, 1.54) is 18.2 Å². The van der Waals surface area contributed by atoms with Crippen LogP contribution in [0.5, 0.6) is 0 Å². The topological polar surface area (TPSA) is 72.7 Å². The predicted octanol–water partition coefficient (Wildman–Crippen LogP) is 3.47. The fourth-order valence-electron chi connectivity index (χ4n) is 2.03. The Morgan fingerprint density at radius 2 is 1.96 bits per heavy atom. The zero-order valence-corrected chi connectivity index (χ0v) is 14.7. The number of hydrogen-bond acceptors (Lipinski definition) is 5. The quantitative estimate of drug-likeness (QED) is 0.785. The Morgan fingerprint density at radius 1 is 1.28 bits per heavy atom. The minimum atomic E-state index is -4.54. The molecule has 1 aromatic heterocycles. The van der Waals surface area contributed by atoms with Gasteiger partial charge in [0, 0.05) is 6.54 Å². The van der Waals surface area contributed by atoms with Gasteiger partial charge in [-0.05, 0) is 35.4 Å². The summed E-state index contributed by atoms with van der Waals surface area (Å²) in [5.41, 5.74) is -1.15. The molecule has 0 saturated heterocycles. The first-order chi connectivity index (χ1) is 11.7. The highest BCUT2D eigenvalue weighted by Gasteiger charge is 2.34. The molecule has 136 valence electrons. The predicted molar refractivity (Wildman–Crippen MR) is 88.0 cm³/mol. The van der Waals surface area contributed by atoms with Crippen molar-refractivity contribution < 1.29 is 18.0 Å². The largest absolute Gasteiger partial charge is 0.418 e. The number of carbonyl (C=O) groups is 1. The van der Waals surface area contributed by atoms with Crippen LogP contribution in [-0.2, 0) is 17.5 Å². The van der Waals surface area contributed by atoms with Crippen molar-refractivity contribution in [2.24, 2.45) is 5.92 Å². The molecule has 1 atom stereocenters. The number of carbonyl (C=O) groups excluding carboxylic acids is 1. The van der Waals surface area contributed by atoms with Gasteiger partial charge < -0.3 is 5.32 Å². The van der Waals surface area contributed by atoms with E-state index in [4.69, 9.17) is 0 Å². The Kier molecular flexibility index (Phi) is 6.04. The van der Waals surface area contributed by atoms with Crippen LogP contribution >= 0.6 is 11.8 Å². The van der Waals surface area contributed by atoms with Crippen molar-refractivity contribution in [2.45, 2.75) is 43.9 Å². The van der Waals surface area contributed by atoms with Crippen molar-refractivity contribution in [1.82, 2.24) is 20.2 Å². The number of thioether (sulfide) groups is 1. The molecule has 2 aromatic rings. The highest BCUT2D eigenvalue weighted by molar-refractivity contribution is 8.00. The maximum atomic E-state index is 13.0. The zero-order chi connectivity index (χ0) is 18.6. The smallest absolute Gasteiger partial charge is 0.325 e. The first-order valence-electron chi connectivity index (χ1n) is 7.58. The van der Waals surface area contributed by atoms with E-state index >= 15 is 0 Å². The number of tetrazole rings is 1. The molecule has 6 nitrogen and oxygen atoms in total. The molecule has 0 aliphatic carbocycles. The maximum absolute atomic E-state index is 13.0. The number of benzene rings is 1. The molecule has 1 heterocycles. The molecule has 1 aromatic carbocycles. The van der Waals surface area contributed by atoms with E-state index in [2.05, 4.69) is 20.8 Å². The van der Waals surface area contributed by atoms with E-state index in [0.29, 0.717) is 17.6 Å². The lowest BCUT2D eigenvalue weighted by Crippen LogP contribution is -2.24. The number of rotatable bonds is 6. The second-order valence-electron chi connectivity index (χ2n) is 5.83. The molecule has 10 heteroatoms. The van der Waals surface area contributed by atoms with Gasteiger partial charge in [0.2, 0.25) is 11.1 Å². The van der Waals surface area contributed by atoms with E-state index in [-0.39, 0.29) is 5.69 Å². The summed E-state index contributed by atoms with van der Waals surface area (Å²) >= 11 is 1.09. The molecule has 1 amide bonds. The Bertz CT molecular complexity index is 732. The third-order valence-corrected chi connectivity index (χ3v) is 4.25. The molecule has 0 spiro atoms. The fourth-order valence-corrected chi connectivity index (χ4v) is 2.83. The lowest BCUT2D eigenvalue weighted by atomic mass is 10.1. The van der Waals surface area contributed by atoms with E-state index < -0.39 is 22.9 Å². The minimum absolute atomic E-state index is 0.269. The summed E-state index contributed by atoms with van der Waals surface area (Å²) in [5.74, 6) is -0.244. The Morgan fingerprint density at radius 3 is 2.60 bits per heavy atom. The van der Waals surface area contributed by atoms with Crippen LogP contribution in [-0.4, -0.2) is 31.4 Å². The number of amides is 1. The van der Waals surface area contributed by atoms with Crippen LogP contribution in [0.15, 0.2) is 29.4 Å². The summed E-state index contributed by atoms with van der Waals surface area (Å²) in [6, 6.07) is 4.86. The third kappa shape index (κ3) is 5.18. The van der Waals surface area contributed by atoms with E-state index in [1.54, 1.807) is 11.6 Å². The van der Waals surface area contributed by atoms with Crippen molar-refractivity contribution in [3.8, 4) is 0 Å². The molecule has 25 heavy (non-hydrogen) atoms. The first kappa shape index (κ1) is 19.2. The van der Waals surface area contributed by atoms with Crippen LogP contribution in [0.1, 0.15) is 26.3 Å². The van der Waals surface area contributed by atoms with Crippen molar-refractivity contribution in [1.29, 1.82) is 0 Å². The van der Waals surface area contributed by atoms with Crippen molar-refractivity contribution in [3.05, 3.63) is 29.8 Å². The fraction of sp³-hybridized carbons (Fsp3) is 0.467. The monoisotopic (exact) mass is 373 g/mol. The molecule has 0 bridgehead atoms. The number of anilines is 1. The lowest BCUT2D eigenvalue weighted by Gasteiger charge is -2.16. The summed E-state index contributed by atoms with van der Waals surface area (Å²) in [4.78, 5) is 12.3. The van der Waals surface area contributed by atoms with E-state index in [9.17, 15) is 18.0 Å². The van der Waals surface area contributed by atoms with Crippen LogP contribution in [0, 0.1) is 5.92 Å². The van der Waals surface area contributed by atoms with Crippen molar-refractivity contribution in [2.75, 3.05) is 5.32 Å². The molecule has 0 aliphatic rings. The van der Waals surface area contributed by atoms with Crippen LogP contribution < -0.4 is 5.32 Å². The molecule has 0 radical (unpaired) electrons. The van der Waals surface area contributed by atoms with Crippen molar-refractivity contribution in [3.63, 3.8) is 0 Å². The average Bonchev–Trinajstić information content (AvgIpc) is 2.92. The van der Waals surface area contributed by atoms with Gasteiger partial charge in [0.1, 0.15) is 0 Å². The summed E-state index contributed by atoms with van der Waals surface area (Å²) in [6.45, 7) is 6.17. The number of alkyl halides is 3. The summed E-state index contributed by atoms with van der Waals surface area (Å²) in [7, 11) is 0. The highest BCUT2D eigenvalue weighted by Crippen LogP contribution is 2.35. The van der Waals surface area contributed by atoms with Gasteiger partial charge in [-0.3, -0.25) is 4.79 Å². The molecule has 2 rings (SSSR count). The molecule has 1 N–H and O–H groups in total. The molecular formula is C15H18F3N5OS. The SMILES string of the molecule is CC(C)Cn1nnnc1SC(C)C(=O)Nc1ccccc1C(F)(F)F. The molecule has 0 fully saturated rings. The van der Waals surface area contributed by atoms with Gasteiger partial charge in [0.15, 0.2) is 0 Å². The second kappa shape index (κ2) is 7.85. The minimum Gasteiger partial charge on any atom is -0.325 e. The van der Waals surface area contributed by atoms with E-state index in [1.807, 2.05) is 13.8 Å². The van der Waals surface area contributed by atoms with E-state index in [0.717, 1.165) is 17.8 Å². The van der Waals surface area contributed by atoms with Gasteiger partial charge in [0.05, 0.1) is 16.5 Å².